The Balaban J connectivity index is 2.25. The molecule has 0 aliphatic carbocycles. The smallest absolute Gasteiger partial charge is 0.338 e. The van der Waals surface area contributed by atoms with Crippen LogP contribution < -0.4 is 14.2 Å². The van der Waals surface area contributed by atoms with Gasteiger partial charge in [0.15, 0.2) is 16.7 Å². The molecule has 0 N–H and O–H groups in total. The molecule has 1 fully saturated rings. The Bertz CT molecular complexity index is 854. The Morgan fingerprint density at radius 3 is 2.32 bits per heavy atom. The Hall–Kier alpha value is -2.68. The average Bonchev–Trinajstić information content (AvgIpc) is 2.71. The predicted octanol–water partition coefficient (Wildman–Crippen LogP) is 2.54. The molecule has 0 bridgehead atoms. The monoisotopic (exact) mass is 406 g/mol. The lowest BCUT2D eigenvalue weighted by Gasteiger charge is -2.39. The number of esters is 1. The first-order chi connectivity index (χ1) is 13.5. The number of fused-ring (bicyclic) bond motifs is 1. The second-order valence-corrected chi connectivity index (χ2v) is 7.17. The Morgan fingerprint density at radius 2 is 1.79 bits per heavy atom. The van der Waals surface area contributed by atoms with E-state index < -0.39 is 12.0 Å². The van der Waals surface area contributed by atoms with Crippen LogP contribution in [0.15, 0.2) is 28.4 Å². The quantitative estimate of drug-likeness (QED) is 0.695. The molecule has 9 heteroatoms. The van der Waals surface area contributed by atoms with E-state index in [1.807, 2.05) is 0 Å². The molecule has 0 radical (unpaired) electrons. The van der Waals surface area contributed by atoms with Gasteiger partial charge in [0.05, 0.1) is 45.8 Å². The van der Waals surface area contributed by atoms with E-state index in [1.165, 1.54) is 40.2 Å². The van der Waals surface area contributed by atoms with E-state index in [9.17, 15) is 9.59 Å². The molecule has 0 aromatic heterocycles. The fourth-order valence-corrected chi connectivity index (χ4v) is 4.35. The first-order valence-electron chi connectivity index (χ1n) is 8.59. The van der Waals surface area contributed by atoms with Crippen LogP contribution in [0.4, 0.5) is 0 Å². The number of thioether (sulfide) groups is 1. The van der Waals surface area contributed by atoms with Gasteiger partial charge in [0, 0.05) is 12.2 Å². The number of rotatable bonds is 5. The number of hydrogen-bond donors (Lipinski definition) is 0. The van der Waals surface area contributed by atoms with Gasteiger partial charge in [-0.05, 0) is 24.6 Å². The van der Waals surface area contributed by atoms with Crippen molar-refractivity contribution in [1.29, 1.82) is 0 Å². The van der Waals surface area contributed by atoms with Crippen LogP contribution in [0.1, 0.15) is 24.9 Å². The lowest BCUT2D eigenvalue weighted by molar-refractivity contribution is -0.137. The van der Waals surface area contributed by atoms with Crippen molar-refractivity contribution in [3.05, 3.63) is 29.0 Å². The summed E-state index contributed by atoms with van der Waals surface area (Å²) in [5, 5.41) is 0.570. The molecule has 1 aromatic rings. The maximum absolute atomic E-state index is 12.8. The Kier molecular flexibility index (Phi) is 5.83. The second-order valence-electron chi connectivity index (χ2n) is 6.11. The van der Waals surface area contributed by atoms with Crippen molar-refractivity contribution in [3.8, 4) is 17.2 Å². The van der Waals surface area contributed by atoms with Crippen molar-refractivity contribution in [3.63, 3.8) is 0 Å². The third-order valence-electron chi connectivity index (χ3n) is 4.61. The van der Waals surface area contributed by atoms with Gasteiger partial charge in [0.2, 0.25) is 11.7 Å². The topological polar surface area (TPSA) is 86.7 Å². The summed E-state index contributed by atoms with van der Waals surface area (Å²) in [4.78, 5) is 31.4. The fourth-order valence-electron chi connectivity index (χ4n) is 3.34. The molecular weight excluding hydrogens is 384 g/mol. The molecule has 1 amide bonds. The summed E-state index contributed by atoms with van der Waals surface area (Å²) in [6.07, 6.45) is 0.359. The van der Waals surface area contributed by atoms with Gasteiger partial charge in [0.1, 0.15) is 0 Å². The molecule has 1 atom stereocenters. The lowest BCUT2D eigenvalue weighted by atomic mass is 9.93. The van der Waals surface area contributed by atoms with Gasteiger partial charge in [0.25, 0.3) is 0 Å². The zero-order valence-electron chi connectivity index (χ0n) is 16.4. The number of allylic oxidation sites excluding steroid dienone is 1. The van der Waals surface area contributed by atoms with E-state index in [0.717, 1.165) is 0 Å². The van der Waals surface area contributed by atoms with Gasteiger partial charge in [-0.2, -0.15) is 0 Å². The maximum Gasteiger partial charge on any atom is 0.338 e. The van der Waals surface area contributed by atoms with Gasteiger partial charge in [-0.15, -0.1) is 0 Å². The number of hydrogen-bond acceptors (Lipinski definition) is 8. The molecule has 1 saturated heterocycles. The van der Waals surface area contributed by atoms with Crippen LogP contribution in [0, 0.1) is 0 Å². The zero-order chi connectivity index (χ0) is 20.4. The van der Waals surface area contributed by atoms with Crippen LogP contribution in [0.5, 0.6) is 17.2 Å². The number of methoxy groups -OCH3 is 4. The highest BCUT2D eigenvalue weighted by Crippen LogP contribution is 2.45. The van der Waals surface area contributed by atoms with Crippen LogP contribution in [-0.4, -0.2) is 56.1 Å². The first-order valence-corrected chi connectivity index (χ1v) is 9.57. The number of aliphatic imine (C=N–C) groups is 1. The highest BCUT2D eigenvalue weighted by molar-refractivity contribution is 8.14. The second kappa shape index (κ2) is 8.14. The van der Waals surface area contributed by atoms with E-state index in [-0.39, 0.29) is 5.91 Å². The molecule has 0 saturated carbocycles. The molecular formula is C19H22N2O6S. The van der Waals surface area contributed by atoms with Crippen LogP contribution >= 0.6 is 11.8 Å². The molecule has 1 aromatic carbocycles. The average molecular weight is 406 g/mol. The van der Waals surface area contributed by atoms with Crippen molar-refractivity contribution >= 4 is 28.8 Å². The molecule has 2 aliphatic rings. The van der Waals surface area contributed by atoms with Gasteiger partial charge < -0.3 is 18.9 Å². The van der Waals surface area contributed by atoms with E-state index >= 15 is 0 Å². The number of carbonyl (C=O) groups excluding carboxylic acids is 2. The van der Waals surface area contributed by atoms with Crippen molar-refractivity contribution < 1.29 is 28.5 Å². The van der Waals surface area contributed by atoms with Gasteiger partial charge in [-0.3, -0.25) is 9.69 Å². The summed E-state index contributed by atoms with van der Waals surface area (Å²) >= 11 is 1.48. The number of carbonyl (C=O) groups is 2. The van der Waals surface area contributed by atoms with E-state index in [1.54, 1.807) is 24.0 Å². The van der Waals surface area contributed by atoms with Gasteiger partial charge >= 0.3 is 5.97 Å². The van der Waals surface area contributed by atoms with E-state index in [0.29, 0.717) is 51.4 Å². The third-order valence-corrected chi connectivity index (χ3v) is 5.57. The fraction of sp³-hybridized carbons (Fsp3) is 0.421. The van der Waals surface area contributed by atoms with Crippen molar-refractivity contribution in [2.75, 3.05) is 34.2 Å². The number of benzene rings is 1. The minimum absolute atomic E-state index is 0.106. The molecule has 3 rings (SSSR count). The zero-order valence-corrected chi connectivity index (χ0v) is 17.2. The minimum Gasteiger partial charge on any atom is -0.493 e. The van der Waals surface area contributed by atoms with Crippen LogP contribution in [0.25, 0.3) is 0 Å². The molecule has 2 aliphatic heterocycles. The van der Waals surface area contributed by atoms with E-state index in [2.05, 4.69) is 4.99 Å². The molecule has 2 heterocycles. The third kappa shape index (κ3) is 3.30. The lowest BCUT2D eigenvalue weighted by Crippen LogP contribution is -2.45. The first kappa shape index (κ1) is 20.1. The number of amides is 1. The van der Waals surface area contributed by atoms with Gasteiger partial charge in [-0.1, -0.05) is 11.8 Å². The maximum atomic E-state index is 12.8. The normalized spacial score (nSPS) is 19.0. The largest absolute Gasteiger partial charge is 0.493 e. The molecule has 8 nitrogen and oxygen atoms in total. The molecule has 0 spiro atoms. The summed E-state index contributed by atoms with van der Waals surface area (Å²) in [7, 11) is 5.85. The van der Waals surface area contributed by atoms with Crippen molar-refractivity contribution in [2.45, 2.75) is 19.4 Å². The van der Waals surface area contributed by atoms with E-state index in [4.69, 9.17) is 18.9 Å². The number of ether oxygens (including phenoxy) is 4. The number of amidine groups is 1. The SMILES string of the molecule is COC(=O)C1=C(C)N=C2SCCC(=O)N2C1c1cc(OC)c(OC)c(OC)c1. The predicted molar refractivity (Wildman–Crippen MR) is 105 cm³/mol. The highest BCUT2D eigenvalue weighted by atomic mass is 32.2. The number of nitrogens with zero attached hydrogens (tertiary/aromatic N) is 2. The Morgan fingerprint density at radius 1 is 1.14 bits per heavy atom. The molecule has 1 unspecified atom stereocenters. The molecule has 150 valence electrons. The van der Waals surface area contributed by atoms with Crippen LogP contribution in [0.2, 0.25) is 0 Å². The highest BCUT2D eigenvalue weighted by Gasteiger charge is 2.42. The summed E-state index contributed by atoms with van der Waals surface area (Å²) in [5.74, 6) is 1.29. The van der Waals surface area contributed by atoms with Crippen molar-refractivity contribution in [1.82, 2.24) is 4.90 Å². The summed E-state index contributed by atoms with van der Waals surface area (Å²) in [5.41, 5.74) is 1.45. The summed E-state index contributed by atoms with van der Waals surface area (Å²) in [6, 6.07) is 2.77. The standard InChI is InChI=1S/C19H22N2O6S/c1-10-15(18(23)27-5)16(21-14(22)6-7-28-19(21)20-10)11-8-12(24-2)17(26-4)13(9-11)25-3/h8-9,16H,6-7H2,1-5H3. The van der Waals surface area contributed by atoms with Crippen molar-refractivity contribution in [2.24, 2.45) is 4.99 Å². The molecule has 28 heavy (non-hydrogen) atoms. The minimum atomic E-state index is -0.700. The van der Waals surface area contributed by atoms with Crippen LogP contribution in [-0.2, 0) is 14.3 Å². The van der Waals surface area contributed by atoms with Gasteiger partial charge in [-0.25, -0.2) is 9.79 Å². The summed E-state index contributed by atoms with van der Waals surface area (Å²) in [6.45, 7) is 1.74. The Labute approximate surface area is 167 Å². The summed E-state index contributed by atoms with van der Waals surface area (Å²) < 4.78 is 21.3. The van der Waals surface area contributed by atoms with Crippen LogP contribution in [0.3, 0.4) is 0 Å².